The van der Waals surface area contributed by atoms with Crippen LogP contribution >= 0.6 is 0 Å². The topological polar surface area (TPSA) is 72.4 Å². The Labute approximate surface area is 179 Å². The maximum Gasteiger partial charge on any atom is 0.259 e. The summed E-state index contributed by atoms with van der Waals surface area (Å²) in [5, 5.41) is 6.87. The predicted octanol–water partition coefficient (Wildman–Crippen LogP) is 5.84. The Kier molecular flexibility index (Phi) is 4.36. The summed E-state index contributed by atoms with van der Waals surface area (Å²) in [6.07, 6.45) is 0. The minimum atomic E-state index is -0.159. The highest BCUT2D eigenvalue weighted by Gasteiger charge is 2.23. The van der Waals surface area contributed by atoms with Crippen molar-refractivity contribution < 1.29 is 13.7 Å². The largest absolute Gasteiger partial charge is 0.466 e. The quantitative estimate of drug-likeness (QED) is 0.373. The van der Waals surface area contributed by atoms with E-state index in [-0.39, 0.29) is 5.91 Å². The number of anilines is 1. The first-order chi connectivity index (χ1) is 14.9. The van der Waals surface area contributed by atoms with Gasteiger partial charge in [-0.05, 0) is 55.8 Å². The van der Waals surface area contributed by atoms with Crippen molar-refractivity contribution in [3.63, 3.8) is 0 Å². The fraction of sp³-hybridized carbons (Fsp3) is 0.160. The number of pyridine rings is 1. The molecular formula is C25H21N3O3. The lowest BCUT2D eigenvalue weighted by Crippen LogP contribution is -2.26. The first-order valence-corrected chi connectivity index (χ1v) is 10.0. The molecule has 0 fully saturated rings. The van der Waals surface area contributed by atoms with Crippen LogP contribution in [-0.4, -0.2) is 23.1 Å². The summed E-state index contributed by atoms with van der Waals surface area (Å²) in [7, 11) is 1.77. The van der Waals surface area contributed by atoms with Gasteiger partial charge in [0.15, 0.2) is 0 Å². The molecule has 3 heterocycles. The van der Waals surface area contributed by atoms with Gasteiger partial charge in [-0.1, -0.05) is 35.5 Å². The molecule has 1 amide bonds. The van der Waals surface area contributed by atoms with E-state index in [0.717, 1.165) is 33.5 Å². The van der Waals surface area contributed by atoms with Gasteiger partial charge in [-0.15, -0.1) is 0 Å². The molecule has 0 spiro atoms. The smallest absolute Gasteiger partial charge is 0.259 e. The van der Waals surface area contributed by atoms with E-state index in [1.165, 1.54) is 0 Å². The Morgan fingerprint density at radius 1 is 0.968 bits per heavy atom. The molecule has 0 bridgehead atoms. The second-order valence-corrected chi connectivity index (χ2v) is 7.73. The Balaban J connectivity index is 1.64. The first-order valence-electron chi connectivity index (χ1n) is 10.0. The van der Waals surface area contributed by atoms with Crippen LogP contribution in [0.2, 0.25) is 0 Å². The third-order valence-corrected chi connectivity index (χ3v) is 5.59. The molecule has 5 rings (SSSR count). The molecule has 0 aliphatic carbocycles. The lowest BCUT2D eigenvalue weighted by atomic mass is 10.0. The molecule has 31 heavy (non-hydrogen) atoms. The highest BCUT2D eigenvalue weighted by molar-refractivity contribution is 6.14. The van der Waals surface area contributed by atoms with Gasteiger partial charge in [-0.2, -0.15) is 0 Å². The number of furan rings is 1. The molecule has 3 aromatic heterocycles. The summed E-state index contributed by atoms with van der Waals surface area (Å²) in [4.78, 5) is 19.9. The highest BCUT2D eigenvalue weighted by atomic mass is 16.5. The minimum Gasteiger partial charge on any atom is -0.466 e. The standard InChI is InChI=1S/C25H21N3O3/c1-14-11-20(16(3)30-14)22-13-21(23-15(2)27-31-24(23)26-22)25(29)28(4)19-10-9-17-7-5-6-8-18(17)12-19/h5-13H,1-4H3. The summed E-state index contributed by atoms with van der Waals surface area (Å²) in [6.45, 7) is 5.57. The van der Waals surface area contributed by atoms with Crippen LogP contribution in [0.15, 0.2) is 63.5 Å². The fourth-order valence-corrected chi connectivity index (χ4v) is 3.97. The van der Waals surface area contributed by atoms with Crippen molar-refractivity contribution in [3.8, 4) is 11.3 Å². The summed E-state index contributed by atoms with van der Waals surface area (Å²) in [6, 6.07) is 17.8. The summed E-state index contributed by atoms with van der Waals surface area (Å²) in [5.41, 5.74) is 3.71. The number of nitrogens with zero attached hydrogens (tertiary/aromatic N) is 3. The van der Waals surface area contributed by atoms with Crippen molar-refractivity contribution in [3.05, 3.63) is 77.4 Å². The summed E-state index contributed by atoms with van der Waals surface area (Å²) in [5.74, 6) is 1.36. The monoisotopic (exact) mass is 411 g/mol. The number of carbonyl (C=O) groups is 1. The van der Waals surface area contributed by atoms with Crippen LogP contribution in [0, 0.1) is 20.8 Å². The Hall–Kier alpha value is -3.93. The number of fused-ring (bicyclic) bond motifs is 2. The van der Waals surface area contributed by atoms with Gasteiger partial charge in [0.05, 0.1) is 22.3 Å². The molecule has 154 valence electrons. The number of amides is 1. The zero-order valence-electron chi connectivity index (χ0n) is 17.8. The lowest BCUT2D eigenvalue weighted by Gasteiger charge is -2.19. The molecule has 6 heteroatoms. The number of hydrogen-bond acceptors (Lipinski definition) is 5. The predicted molar refractivity (Wildman–Crippen MR) is 120 cm³/mol. The molecule has 5 aromatic rings. The molecule has 0 saturated heterocycles. The van der Waals surface area contributed by atoms with Gasteiger partial charge in [0.2, 0.25) is 0 Å². The second-order valence-electron chi connectivity index (χ2n) is 7.73. The average molecular weight is 411 g/mol. The Bertz CT molecular complexity index is 1460. The van der Waals surface area contributed by atoms with Crippen LogP contribution in [0.25, 0.3) is 33.1 Å². The summed E-state index contributed by atoms with van der Waals surface area (Å²) >= 11 is 0. The van der Waals surface area contributed by atoms with Gasteiger partial charge >= 0.3 is 0 Å². The third kappa shape index (κ3) is 3.17. The van der Waals surface area contributed by atoms with E-state index in [1.54, 1.807) is 18.0 Å². The van der Waals surface area contributed by atoms with Gasteiger partial charge in [0, 0.05) is 18.3 Å². The molecule has 0 N–H and O–H groups in total. The van der Waals surface area contributed by atoms with Gasteiger partial charge in [-0.3, -0.25) is 4.79 Å². The third-order valence-electron chi connectivity index (χ3n) is 5.59. The average Bonchev–Trinajstić information content (AvgIpc) is 3.32. The van der Waals surface area contributed by atoms with Crippen LogP contribution in [0.1, 0.15) is 27.6 Å². The van der Waals surface area contributed by atoms with Crippen LogP contribution in [0.3, 0.4) is 0 Å². The number of aryl methyl sites for hydroxylation is 3. The van der Waals surface area contributed by atoms with Crippen molar-refractivity contribution in [2.75, 3.05) is 11.9 Å². The molecule has 0 atom stereocenters. The van der Waals surface area contributed by atoms with Crippen molar-refractivity contribution >= 4 is 33.5 Å². The maximum absolute atomic E-state index is 13.6. The normalized spacial score (nSPS) is 11.4. The van der Waals surface area contributed by atoms with E-state index in [1.807, 2.05) is 63.2 Å². The molecule has 0 unspecified atom stereocenters. The maximum atomic E-state index is 13.6. The number of carbonyl (C=O) groups excluding carboxylic acids is 1. The van der Waals surface area contributed by atoms with Crippen molar-refractivity contribution in [2.24, 2.45) is 0 Å². The zero-order valence-corrected chi connectivity index (χ0v) is 17.8. The van der Waals surface area contributed by atoms with E-state index >= 15 is 0 Å². The molecule has 0 saturated carbocycles. The van der Waals surface area contributed by atoms with Gasteiger partial charge in [-0.25, -0.2) is 4.98 Å². The Morgan fingerprint density at radius 3 is 2.48 bits per heavy atom. The van der Waals surface area contributed by atoms with Crippen LogP contribution in [-0.2, 0) is 0 Å². The number of hydrogen-bond donors (Lipinski definition) is 0. The van der Waals surface area contributed by atoms with Crippen molar-refractivity contribution in [1.82, 2.24) is 10.1 Å². The van der Waals surface area contributed by atoms with Crippen molar-refractivity contribution in [2.45, 2.75) is 20.8 Å². The van der Waals surface area contributed by atoms with Crippen LogP contribution in [0.5, 0.6) is 0 Å². The number of aromatic nitrogens is 2. The molecule has 6 nitrogen and oxygen atoms in total. The SMILES string of the molecule is Cc1cc(-c2cc(C(=O)N(C)c3ccc4ccccc4c3)c3c(C)noc3n2)c(C)o1. The molecule has 2 aromatic carbocycles. The van der Waals surface area contributed by atoms with E-state index in [4.69, 9.17) is 8.94 Å². The number of benzene rings is 2. The van der Waals surface area contributed by atoms with Crippen molar-refractivity contribution in [1.29, 1.82) is 0 Å². The van der Waals surface area contributed by atoms with E-state index in [2.05, 4.69) is 16.2 Å². The van der Waals surface area contributed by atoms with Crippen LogP contribution < -0.4 is 4.90 Å². The fourth-order valence-electron chi connectivity index (χ4n) is 3.97. The second kappa shape index (κ2) is 7.09. The molecule has 0 aliphatic heterocycles. The molecular weight excluding hydrogens is 390 g/mol. The van der Waals surface area contributed by atoms with Gasteiger partial charge < -0.3 is 13.8 Å². The van der Waals surface area contributed by atoms with E-state index in [0.29, 0.717) is 28.1 Å². The van der Waals surface area contributed by atoms with E-state index < -0.39 is 0 Å². The first kappa shape index (κ1) is 19.1. The molecule has 0 radical (unpaired) electrons. The van der Waals surface area contributed by atoms with Crippen LogP contribution in [0.4, 0.5) is 5.69 Å². The highest BCUT2D eigenvalue weighted by Crippen LogP contribution is 2.32. The minimum absolute atomic E-state index is 0.159. The van der Waals surface area contributed by atoms with Gasteiger partial charge in [0.1, 0.15) is 11.5 Å². The number of rotatable bonds is 3. The molecule has 0 aliphatic rings. The summed E-state index contributed by atoms with van der Waals surface area (Å²) < 4.78 is 11.1. The lowest BCUT2D eigenvalue weighted by molar-refractivity contribution is 0.0994. The Morgan fingerprint density at radius 2 is 1.74 bits per heavy atom. The van der Waals surface area contributed by atoms with E-state index in [9.17, 15) is 4.79 Å². The van der Waals surface area contributed by atoms with Gasteiger partial charge in [0.25, 0.3) is 11.6 Å². The zero-order chi connectivity index (χ0) is 21.7.